The van der Waals surface area contributed by atoms with E-state index in [2.05, 4.69) is 0 Å². The maximum Gasteiger partial charge on any atom is 0.347 e. The molecule has 96 valence electrons. The molecule has 0 heterocycles. The largest absolute Gasteiger partial charge is 0.496 e. The van der Waals surface area contributed by atoms with E-state index in [0.29, 0.717) is 28.9 Å². The number of benzene rings is 2. The highest BCUT2D eigenvalue weighted by atomic mass is 16.5. The normalized spacial score (nSPS) is 9.74. The lowest BCUT2D eigenvalue weighted by Gasteiger charge is -2.08. The topological polar surface area (TPSA) is 52.6 Å². The molecule has 0 amide bonds. The minimum atomic E-state index is -0.527. The Hall–Kier alpha value is -2.62. The first-order valence-corrected chi connectivity index (χ1v) is 5.65. The van der Waals surface area contributed by atoms with Crippen molar-refractivity contribution in [1.82, 2.24) is 0 Å². The highest BCUT2D eigenvalue weighted by Crippen LogP contribution is 2.20. The van der Waals surface area contributed by atoms with Gasteiger partial charge in [0.25, 0.3) is 0 Å². The van der Waals surface area contributed by atoms with E-state index in [4.69, 9.17) is 9.47 Å². The molecular formula is C15H12O4. The third-order valence-corrected chi connectivity index (χ3v) is 2.53. The molecule has 2 aromatic rings. The Morgan fingerprint density at radius 1 is 1.11 bits per heavy atom. The van der Waals surface area contributed by atoms with Crippen molar-refractivity contribution in [2.45, 2.75) is 0 Å². The number of hydrogen-bond acceptors (Lipinski definition) is 4. The number of hydrogen-bond donors (Lipinski definition) is 0. The van der Waals surface area contributed by atoms with Gasteiger partial charge in [0.15, 0.2) is 0 Å². The van der Waals surface area contributed by atoms with Crippen LogP contribution in [0.1, 0.15) is 20.7 Å². The molecular weight excluding hydrogens is 244 g/mol. The standard InChI is InChI=1S/C15H12O4/c1-18-14-8-3-2-7-13(14)15(17)19-12-6-4-5-11(9-12)10-16/h2-10H,1H3. The number of ether oxygens (including phenoxy) is 2. The molecule has 0 bridgehead atoms. The summed E-state index contributed by atoms with van der Waals surface area (Å²) in [7, 11) is 1.49. The highest BCUT2D eigenvalue weighted by Gasteiger charge is 2.13. The second kappa shape index (κ2) is 5.82. The first kappa shape index (κ1) is 12.8. The van der Waals surface area contributed by atoms with Crippen LogP contribution < -0.4 is 9.47 Å². The Kier molecular flexibility index (Phi) is 3.93. The van der Waals surface area contributed by atoms with Crippen molar-refractivity contribution in [2.75, 3.05) is 7.11 Å². The molecule has 0 spiro atoms. The van der Waals surface area contributed by atoms with Crippen LogP contribution in [0.3, 0.4) is 0 Å². The fraction of sp³-hybridized carbons (Fsp3) is 0.0667. The minimum absolute atomic E-state index is 0.320. The zero-order valence-electron chi connectivity index (χ0n) is 10.3. The average Bonchev–Trinajstić information content (AvgIpc) is 2.47. The number of carbonyl (C=O) groups is 2. The van der Waals surface area contributed by atoms with Crippen LogP contribution in [0.4, 0.5) is 0 Å². The molecule has 0 fully saturated rings. The average molecular weight is 256 g/mol. The highest BCUT2D eigenvalue weighted by molar-refractivity contribution is 5.94. The lowest BCUT2D eigenvalue weighted by atomic mass is 10.2. The molecule has 0 unspecified atom stereocenters. The van der Waals surface area contributed by atoms with Gasteiger partial charge in [-0.05, 0) is 24.3 Å². The van der Waals surface area contributed by atoms with Crippen LogP contribution in [0.5, 0.6) is 11.5 Å². The zero-order valence-corrected chi connectivity index (χ0v) is 10.3. The Morgan fingerprint density at radius 2 is 1.89 bits per heavy atom. The second-order valence-corrected chi connectivity index (χ2v) is 3.78. The van der Waals surface area contributed by atoms with E-state index >= 15 is 0 Å². The lowest BCUT2D eigenvalue weighted by Crippen LogP contribution is -2.10. The van der Waals surface area contributed by atoms with Gasteiger partial charge < -0.3 is 9.47 Å². The number of carbonyl (C=O) groups excluding carboxylic acids is 2. The van der Waals surface area contributed by atoms with Crippen molar-refractivity contribution in [3.05, 3.63) is 59.7 Å². The second-order valence-electron chi connectivity index (χ2n) is 3.78. The fourth-order valence-corrected chi connectivity index (χ4v) is 1.63. The third kappa shape index (κ3) is 2.98. The molecule has 0 saturated carbocycles. The van der Waals surface area contributed by atoms with Gasteiger partial charge in [0.1, 0.15) is 23.3 Å². The first-order valence-electron chi connectivity index (χ1n) is 5.65. The quantitative estimate of drug-likeness (QED) is 0.479. The molecule has 0 saturated heterocycles. The number of esters is 1. The Bertz CT molecular complexity index is 605. The van der Waals surface area contributed by atoms with Crippen LogP contribution in [0, 0.1) is 0 Å². The van der Waals surface area contributed by atoms with Gasteiger partial charge in [-0.2, -0.15) is 0 Å². The zero-order chi connectivity index (χ0) is 13.7. The van der Waals surface area contributed by atoms with Crippen molar-refractivity contribution in [2.24, 2.45) is 0 Å². The summed E-state index contributed by atoms with van der Waals surface area (Å²) in [5, 5.41) is 0. The molecule has 19 heavy (non-hydrogen) atoms. The maximum atomic E-state index is 12.0. The molecule has 0 radical (unpaired) electrons. The van der Waals surface area contributed by atoms with Crippen molar-refractivity contribution in [3.63, 3.8) is 0 Å². The summed E-state index contributed by atoms with van der Waals surface area (Å²) in [4.78, 5) is 22.7. The van der Waals surface area contributed by atoms with Gasteiger partial charge in [0.05, 0.1) is 7.11 Å². The van der Waals surface area contributed by atoms with E-state index in [1.54, 1.807) is 42.5 Å². The van der Waals surface area contributed by atoms with Gasteiger partial charge in [-0.1, -0.05) is 24.3 Å². The Labute approximate surface area is 110 Å². The first-order chi connectivity index (χ1) is 9.24. The molecule has 4 heteroatoms. The van der Waals surface area contributed by atoms with Crippen LogP contribution >= 0.6 is 0 Å². The predicted molar refractivity (Wildman–Crippen MR) is 69.8 cm³/mol. The summed E-state index contributed by atoms with van der Waals surface area (Å²) in [6, 6.07) is 13.2. The Balaban J connectivity index is 2.23. The summed E-state index contributed by atoms with van der Waals surface area (Å²) in [5.41, 5.74) is 0.784. The van der Waals surface area contributed by atoms with Gasteiger partial charge in [0, 0.05) is 5.56 Å². The van der Waals surface area contributed by atoms with Crippen LogP contribution in [0.25, 0.3) is 0 Å². The number of aldehydes is 1. The van der Waals surface area contributed by atoms with E-state index < -0.39 is 5.97 Å². The number of rotatable bonds is 4. The van der Waals surface area contributed by atoms with E-state index in [1.807, 2.05) is 0 Å². The fourth-order valence-electron chi connectivity index (χ4n) is 1.63. The molecule has 0 N–H and O–H groups in total. The van der Waals surface area contributed by atoms with Crippen molar-refractivity contribution in [1.29, 1.82) is 0 Å². The smallest absolute Gasteiger partial charge is 0.347 e. The van der Waals surface area contributed by atoms with Gasteiger partial charge in [-0.25, -0.2) is 4.79 Å². The predicted octanol–water partition coefficient (Wildman–Crippen LogP) is 2.73. The molecule has 0 aromatic heterocycles. The third-order valence-electron chi connectivity index (χ3n) is 2.53. The van der Waals surface area contributed by atoms with Gasteiger partial charge in [-0.15, -0.1) is 0 Å². The SMILES string of the molecule is COc1ccccc1C(=O)Oc1cccc(C=O)c1. The van der Waals surface area contributed by atoms with Gasteiger partial charge >= 0.3 is 5.97 Å². The molecule has 2 rings (SSSR count). The van der Waals surface area contributed by atoms with E-state index in [1.165, 1.54) is 13.2 Å². The molecule has 4 nitrogen and oxygen atoms in total. The molecule has 0 atom stereocenters. The van der Waals surface area contributed by atoms with Crippen molar-refractivity contribution in [3.8, 4) is 11.5 Å². The monoisotopic (exact) mass is 256 g/mol. The summed E-state index contributed by atoms with van der Waals surface area (Å²) in [6.45, 7) is 0. The molecule has 2 aromatic carbocycles. The summed E-state index contributed by atoms with van der Waals surface area (Å²) < 4.78 is 10.3. The molecule has 0 aliphatic heterocycles. The number of methoxy groups -OCH3 is 1. The van der Waals surface area contributed by atoms with Crippen LogP contribution in [-0.4, -0.2) is 19.4 Å². The molecule has 0 aliphatic carbocycles. The van der Waals surface area contributed by atoms with Crippen LogP contribution in [0.2, 0.25) is 0 Å². The van der Waals surface area contributed by atoms with E-state index in [-0.39, 0.29) is 0 Å². The minimum Gasteiger partial charge on any atom is -0.496 e. The van der Waals surface area contributed by atoms with Crippen molar-refractivity contribution >= 4 is 12.3 Å². The van der Waals surface area contributed by atoms with E-state index in [0.717, 1.165) is 0 Å². The van der Waals surface area contributed by atoms with Crippen LogP contribution in [-0.2, 0) is 0 Å². The lowest BCUT2D eigenvalue weighted by molar-refractivity contribution is 0.0730. The maximum absolute atomic E-state index is 12.0. The summed E-state index contributed by atoms with van der Waals surface area (Å²) in [5.74, 6) is 0.236. The van der Waals surface area contributed by atoms with Crippen molar-refractivity contribution < 1.29 is 19.1 Å². The Morgan fingerprint density at radius 3 is 2.63 bits per heavy atom. The molecule has 0 aliphatic rings. The van der Waals surface area contributed by atoms with Gasteiger partial charge in [0.2, 0.25) is 0 Å². The summed E-state index contributed by atoms with van der Waals surface area (Å²) in [6.07, 6.45) is 0.695. The number of para-hydroxylation sites is 1. The van der Waals surface area contributed by atoms with E-state index in [9.17, 15) is 9.59 Å². The summed E-state index contributed by atoms with van der Waals surface area (Å²) >= 11 is 0. The van der Waals surface area contributed by atoms with Crippen LogP contribution in [0.15, 0.2) is 48.5 Å². The van der Waals surface area contributed by atoms with Gasteiger partial charge in [-0.3, -0.25) is 4.79 Å².